The molecule has 0 N–H and O–H groups in total. The summed E-state index contributed by atoms with van der Waals surface area (Å²) in [6.45, 7) is 1.69. The molecule has 0 unspecified atom stereocenters. The minimum atomic E-state index is -0.533. The molecule has 1 aliphatic carbocycles. The van der Waals surface area contributed by atoms with E-state index in [2.05, 4.69) is 5.16 Å². The van der Waals surface area contributed by atoms with Crippen molar-refractivity contribution < 1.29 is 14.4 Å². The van der Waals surface area contributed by atoms with Gasteiger partial charge < -0.3 is 4.84 Å². The van der Waals surface area contributed by atoms with Gasteiger partial charge in [-0.05, 0) is 53.6 Å². The van der Waals surface area contributed by atoms with E-state index >= 15 is 0 Å². The van der Waals surface area contributed by atoms with Crippen molar-refractivity contribution in [3.05, 3.63) is 71.8 Å². The van der Waals surface area contributed by atoms with E-state index in [9.17, 15) is 9.59 Å². The van der Waals surface area contributed by atoms with E-state index in [1.807, 2.05) is 30.3 Å². The molecule has 0 amide bonds. The minimum Gasteiger partial charge on any atom is -0.312 e. The molecule has 0 aliphatic heterocycles. The van der Waals surface area contributed by atoms with Gasteiger partial charge in [-0.25, -0.2) is 4.79 Å². The standard InChI is InChI=1S/C18H13NO3/c1-12-10-16(8-9-17(12)20)19-22-18(21)15-7-6-13-4-2-3-5-14(13)11-15/h2-11H,1H3. The average molecular weight is 291 g/mol. The van der Waals surface area contributed by atoms with Crippen molar-refractivity contribution in [1.29, 1.82) is 0 Å². The van der Waals surface area contributed by atoms with Crippen LogP contribution >= 0.6 is 0 Å². The summed E-state index contributed by atoms with van der Waals surface area (Å²) in [4.78, 5) is 28.3. The Morgan fingerprint density at radius 1 is 1.05 bits per heavy atom. The zero-order valence-corrected chi connectivity index (χ0v) is 11.9. The summed E-state index contributed by atoms with van der Waals surface area (Å²) >= 11 is 0. The molecule has 0 saturated heterocycles. The number of ketones is 1. The van der Waals surface area contributed by atoms with Crippen molar-refractivity contribution in [2.24, 2.45) is 5.16 Å². The maximum Gasteiger partial charge on any atom is 0.365 e. The quantitative estimate of drug-likeness (QED) is 0.484. The Hall–Kier alpha value is -3.01. The Labute approximate surface area is 127 Å². The van der Waals surface area contributed by atoms with Crippen molar-refractivity contribution in [2.45, 2.75) is 6.92 Å². The molecule has 0 heterocycles. The Morgan fingerprint density at radius 3 is 2.59 bits per heavy atom. The average Bonchev–Trinajstić information content (AvgIpc) is 2.55. The zero-order valence-electron chi connectivity index (χ0n) is 11.9. The van der Waals surface area contributed by atoms with Crippen LogP contribution < -0.4 is 0 Å². The molecular weight excluding hydrogens is 278 g/mol. The van der Waals surface area contributed by atoms with Gasteiger partial charge in [0, 0.05) is 0 Å². The summed E-state index contributed by atoms with van der Waals surface area (Å²) in [7, 11) is 0. The van der Waals surface area contributed by atoms with Gasteiger partial charge in [0.2, 0.25) is 0 Å². The summed E-state index contributed by atoms with van der Waals surface area (Å²) in [5.74, 6) is -0.602. The highest BCUT2D eigenvalue weighted by Crippen LogP contribution is 2.16. The number of fused-ring (bicyclic) bond motifs is 1. The number of allylic oxidation sites excluding steroid dienone is 4. The van der Waals surface area contributed by atoms with Crippen LogP contribution in [0.5, 0.6) is 0 Å². The molecule has 108 valence electrons. The molecule has 0 saturated carbocycles. The number of hydrogen-bond acceptors (Lipinski definition) is 4. The van der Waals surface area contributed by atoms with Crippen molar-refractivity contribution in [3.63, 3.8) is 0 Å². The van der Waals surface area contributed by atoms with Gasteiger partial charge in [-0.2, -0.15) is 0 Å². The second-order valence-electron chi connectivity index (χ2n) is 4.98. The molecule has 0 fully saturated rings. The summed E-state index contributed by atoms with van der Waals surface area (Å²) in [5.41, 5.74) is 1.42. The lowest BCUT2D eigenvalue weighted by atomic mass is 10.1. The molecule has 0 aromatic heterocycles. The van der Waals surface area contributed by atoms with E-state index in [0.29, 0.717) is 16.8 Å². The Morgan fingerprint density at radius 2 is 1.82 bits per heavy atom. The van der Waals surface area contributed by atoms with Crippen molar-refractivity contribution >= 4 is 28.2 Å². The Kier molecular flexibility index (Phi) is 3.66. The van der Waals surface area contributed by atoms with Crippen LogP contribution in [0, 0.1) is 0 Å². The number of oxime groups is 1. The van der Waals surface area contributed by atoms with Crippen LogP contribution in [0.1, 0.15) is 17.3 Å². The van der Waals surface area contributed by atoms with Crippen LogP contribution in [0.4, 0.5) is 0 Å². The first-order chi connectivity index (χ1) is 10.6. The third-order valence-electron chi connectivity index (χ3n) is 3.38. The monoisotopic (exact) mass is 291 g/mol. The zero-order chi connectivity index (χ0) is 15.5. The molecule has 3 rings (SSSR count). The lowest BCUT2D eigenvalue weighted by Gasteiger charge is -2.04. The fraction of sp³-hybridized carbons (Fsp3) is 0.0556. The van der Waals surface area contributed by atoms with Gasteiger partial charge in [-0.1, -0.05) is 35.5 Å². The van der Waals surface area contributed by atoms with Crippen molar-refractivity contribution in [2.75, 3.05) is 0 Å². The van der Waals surface area contributed by atoms with Crippen LogP contribution in [0.3, 0.4) is 0 Å². The lowest BCUT2D eigenvalue weighted by Crippen LogP contribution is -2.07. The van der Waals surface area contributed by atoms with E-state index in [1.54, 1.807) is 25.1 Å². The molecule has 2 aromatic rings. The normalized spacial score (nSPS) is 16.0. The van der Waals surface area contributed by atoms with Crippen LogP contribution in [-0.2, 0) is 9.63 Å². The first-order valence-electron chi connectivity index (χ1n) is 6.82. The van der Waals surface area contributed by atoms with Crippen LogP contribution in [0.25, 0.3) is 10.8 Å². The highest BCUT2D eigenvalue weighted by Gasteiger charge is 2.10. The van der Waals surface area contributed by atoms with E-state index < -0.39 is 5.97 Å². The van der Waals surface area contributed by atoms with Gasteiger partial charge in [-0.3, -0.25) is 4.79 Å². The minimum absolute atomic E-state index is 0.0696. The molecule has 2 aromatic carbocycles. The number of nitrogens with zero attached hydrogens (tertiary/aromatic N) is 1. The number of benzene rings is 2. The summed E-state index contributed by atoms with van der Waals surface area (Å²) in [6.07, 6.45) is 4.50. The van der Waals surface area contributed by atoms with Gasteiger partial charge in [-0.15, -0.1) is 0 Å². The van der Waals surface area contributed by atoms with Crippen molar-refractivity contribution in [3.8, 4) is 0 Å². The first kappa shape index (κ1) is 13.9. The van der Waals surface area contributed by atoms with E-state index in [4.69, 9.17) is 4.84 Å². The molecule has 0 spiro atoms. The predicted octanol–water partition coefficient (Wildman–Crippen LogP) is 3.44. The molecule has 1 aliphatic rings. The number of carbonyl (C=O) groups is 2. The largest absolute Gasteiger partial charge is 0.365 e. The van der Waals surface area contributed by atoms with Crippen LogP contribution in [0.2, 0.25) is 0 Å². The van der Waals surface area contributed by atoms with Crippen LogP contribution in [0.15, 0.2) is 71.4 Å². The topological polar surface area (TPSA) is 55.7 Å². The molecule has 0 radical (unpaired) electrons. The number of hydrogen-bond donors (Lipinski definition) is 0. The molecular formula is C18H13NO3. The van der Waals surface area contributed by atoms with E-state index in [1.165, 1.54) is 12.2 Å². The maximum absolute atomic E-state index is 12.0. The smallest absolute Gasteiger partial charge is 0.312 e. The SMILES string of the molecule is CC1=CC(=NOC(=O)c2ccc3ccccc3c2)C=CC1=O. The predicted molar refractivity (Wildman–Crippen MR) is 84.7 cm³/mol. The van der Waals surface area contributed by atoms with E-state index in [-0.39, 0.29) is 5.78 Å². The highest BCUT2D eigenvalue weighted by atomic mass is 16.7. The highest BCUT2D eigenvalue weighted by molar-refractivity contribution is 6.18. The molecule has 4 nitrogen and oxygen atoms in total. The van der Waals surface area contributed by atoms with Crippen LogP contribution in [-0.4, -0.2) is 17.5 Å². The fourth-order valence-corrected chi connectivity index (χ4v) is 2.15. The van der Waals surface area contributed by atoms with Gasteiger partial charge in [0.25, 0.3) is 0 Å². The van der Waals surface area contributed by atoms with Gasteiger partial charge >= 0.3 is 5.97 Å². The summed E-state index contributed by atoms with van der Waals surface area (Å²) < 4.78 is 0. The Balaban J connectivity index is 1.79. The molecule has 4 heteroatoms. The Bertz CT molecular complexity index is 860. The molecule has 22 heavy (non-hydrogen) atoms. The lowest BCUT2D eigenvalue weighted by molar-refractivity contribution is -0.111. The number of carbonyl (C=O) groups excluding carboxylic acids is 2. The summed E-state index contributed by atoms with van der Waals surface area (Å²) in [5, 5.41) is 5.79. The second-order valence-corrected chi connectivity index (χ2v) is 4.98. The second kappa shape index (κ2) is 5.77. The third-order valence-corrected chi connectivity index (χ3v) is 3.38. The maximum atomic E-state index is 12.0. The fourth-order valence-electron chi connectivity index (χ4n) is 2.15. The van der Waals surface area contributed by atoms with Gasteiger partial charge in [0.1, 0.15) is 5.71 Å². The third kappa shape index (κ3) is 2.86. The number of rotatable bonds is 2. The molecule has 0 atom stereocenters. The van der Waals surface area contributed by atoms with E-state index in [0.717, 1.165) is 10.8 Å². The van der Waals surface area contributed by atoms with Gasteiger partial charge in [0.15, 0.2) is 5.78 Å². The first-order valence-corrected chi connectivity index (χ1v) is 6.82. The molecule has 0 bridgehead atoms. The van der Waals surface area contributed by atoms with Crippen molar-refractivity contribution in [1.82, 2.24) is 0 Å². The summed E-state index contributed by atoms with van der Waals surface area (Å²) in [6, 6.07) is 13.1. The van der Waals surface area contributed by atoms with Gasteiger partial charge in [0.05, 0.1) is 5.56 Å².